The first kappa shape index (κ1) is 20.6. The molecule has 1 N–H and O–H groups in total. The van der Waals surface area contributed by atoms with Crippen LogP contribution in [0.3, 0.4) is 0 Å². The van der Waals surface area contributed by atoms with Crippen molar-refractivity contribution in [1.82, 2.24) is 5.32 Å². The number of nitriles is 1. The molecule has 0 fully saturated rings. The third-order valence-corrected chi connectivity index (χ3v) is 4.76. The van der Waals surface area contributed by atoms with Crippen LogP contribution in [0.1, 0.15) is 25.0 Å². The standard InChI is InChI=1S/C24H21BrN2O2/c1-16(2)27-24(28)21(14-26)12-20-13-22(25)9-10-23(20)29-15-17-7-8-18-5-3-4-6-19(18)11-17/h3-13,16H,15H2,1-2H3,(H,27,28)/b21-12-. The molecule has 0 aliphatic rings. The van der Waals surface area contributed by atoms with Crippen molar-refractivity contribution in [3.8, 4) is 11.8 Å². The van der Waals surface area contributed by atoms with E-state index in [-0.39, 0.29) is 11.6 Å². The molecule has 0 aromatic heterocycles. The highest BCUT2D eigenvalue weighted by Crippen LogP contribution is 2.27. The van der Waals surface area contributed by atoms with Crippen LogP contribution >= 0.6 is 15.9 Å². The molecule has 146 valence electrons. The Hall–Kier alpha value is -3.10. The van der Waals surface area contributed by atoms with Crippen LogP contribution in [0.5, 0.6) is 5.75 Å². The topological polar surface area (TPSA) is 62.1 Å². The lowest BCUT2D eigenvalue weighted by Crippen LogP contribution is -2.30. The fourth-order valence-electron chi connectivity index (χ4n) is 2.90. The summed E-state index contributed by atoms with van der Waals surface area (Å²) in [5.74, 6) is 0.203. The molecule has 0 radical (unpaired) electrons. The van der Waals surface area contributed by atoms with Crippen molar-refractivity contribution in [2.45, 2.75) is 26.5 Å². The minimum Gasteiger partial charge on any atom is -0.488 e. The minimum atomic E-state index is -0.400. The summed E-state index contributed by atoms with van der Waals surface area (Å²) in [4.78, 5) is 12.2. The number of amides is 1. The van der Waals surface area contributed by atoms with Gasteiger partial charge in [0.25, 0.3) is 5.91 Å². The Balaban J connectivity index is 1.85. The number of hydrogen-bond donors (Lipinski definition) is 1. The molecule has 5 heteroatoms. The van der Waals surface area contributed by atoms with Crippen LogP contribution in [0, 0.1) is 11.3 Å². The molecule has 0 aliphatic carbocycles. The van der Waals surface area contributed by atoms with Gasteiger partial charge in [0.05, 0.1) is 0 Å². The average molecular weight is 449 g/mol. The third-order valence-electron chi connectivity index (χ3n) is 4.26. The van der Waals surface area contributed by atoms with Crippen LogP contribution in [0.15, 0.2) is 70.7 Å². The third kappa shape index (κ3) is 5.46. The molecule has 0 saturated heterocycles. The first-order chi connectivity index (χ1) is 14.0. The second kappa shape index (κ2) is 9.40. The van der Waals surface area contributed by atoms with Crippen LogP contribution in [0.25, 0.3) is 16.8 Å². The number of nitrogens with one attached hydrogen (secondary N) is 1. The van der Waals surface area contributed by atoms with Crippen molar-refractivity contribution in [1.29, 1.82) is 5.26 Å². The number of rotatable bonds is 6. The number of fused-ring (bicyclic) bond motifs is 1. The number of nitrogens with zero attached hydrogens (tertiary/aromatic N) is 1. The molecule has 29 heavy (non-hydrogen) atoms. The molecule has 0 spiro atoms. The number of halogens is 1. The lowest BCUT2D eigenvalue weighted by molar-refractivity contribution is -0.117. The Bertz CT molecular complexity index is 1110. The second-order valence-corrected chi connectivity index (χ2v) is 7.87. The molecule has 1 amide bonds. The molecule has 3 aromatic carbocycles. The van der Waals surface area contributed by atoms with E-state index in [9.17, 15) is 10.1 Å². The molecule has 0 atom stereocenters. The second-order valence-electron chi connectivity index (χ2n) is 6.95. The largest absolute Gasteiger partial charge is 0.488 e. The van der Waals surface area contributed by atoms with Gasteiger partial charge in [0.2, 0.25) is 0 Å². The van der Waals surface area contributed by atoms with Crippen LogP contribution in [-0.2, 0) is 11.4 Å². The van der Waals surface area contributed by atoms with Crippen LogP contribution in [0.2, 0.25) is 0 Å². The van der Waals surface area contributed by atoms with Gasteiger partial charge in [0, 0.05) is 16.1 Å². The van der Waals surface area contributed by atoms with Crippen molar-refractivity contribution in [3.05, 3.63) is 81.8 Å². The molecular formula is C24H21BrN2O2. The molecule has 0 bridgehead atoms. The zero-order valence-corrected chi connectivity index (χ0v) is 17.9. The summed E-state index contributed by atoms with van der Waals surface area (Å²) in [6, 6.07) is 21.8. The molecule has 0 heterocycles. The lowest BCUT2D eigenvalue weighted by Gasteiger charge is -2.12. The number of carbonyl (C=O) groups excluding carboxylic acids is 1. The van der Waals surface area contributed by atoms with Gasteiger partial charge in [-0.1, -0.05) is 52.3 Å². The number of benzene rings is 3. The Morgan fingerprint density at radius 2 is 1.90 bits per heavy atom. The molecule has 3 rings (SSSR count). The SMILES string of the molecule is CC(C)NC(=O)/C(C#N)=C\c1cc(Br)ccc1OCc1ccc2ccccc2c1. The van der Waals surface area contributed by atoms with E-state index in [1.54, 1.807) is 6.08 Å². The van der Waals surface area contributed by atoms with E-state index in [4.69, 9.17) is 4.74 Å². The van der Waals surface area contributed by atoms with Crippen molar-refractivity contribution in [3.63, 3.8) is 0 Å². The Morgan fingerprint density at radius 3 is 2.62 bits per heavy atom. The molecule has 0 unspecified atom stereocenters. The highest BCUT2D eigenvalue weighted by atomic mass is 79.9. The van der Waals surface area contributed by atoms with E-state index in [1.807, 2.05) is 56.3 Å². The van der Waals surface area contributed by atoms with E-state index >= 15 is 0 Å². The van der Waals surface area contributed by atoms with Gasteiger partial charge in [-0.15, -0.1) is 0 Å². The summed E-state index contributed by atoms with van der Waals surface area (Å²) in [5.41, 5.74) is 1.74. The first-order valence-electron chi connectivity index (χ1n) is 9.29. The average Bonchev–Trinajstić information content (AvgIpc) is 2.70. The van der Waals surface area contributed by atoms with E-state index in [2.05, 4.69) is 45.5 Å². The van der Waals surface area contributed by atoms with Gasteiger partial charge in [-0.05, 0) is 60.5 Å². The lowest BCUT2D eigenvalue weighted by atomic mass is 10.1. The van der Waals surface area contributed by atoms with Gasteiger partial charge in [0.1, 0.15) is 24.0 Å². The highest BCUT2D eigenvalue weighted by Gasteiger charge is 2.12. The molecule has 0 aliphatic heterocycles. The predicted molar refractivity (Wildman–Crippen MR) is 119 cm³/mol. The predicted octanol–water partition coefficient (Wildman–Crippen LogP) is 5.61. The Morgan fingerprint density at radius 1 is 1.14 bits per heavy atom. The molecule has 3 aromatic rings. The van der Waals surface area contributed by atoms with Gasteiger partial charge < -0.3 is 10.1 Å². The Kier molecular flexibility index (Phi) is 6.69. The van der Waals surface area contributed by atoms with Gasteiger partial charge in [-0.3, -0.25) is 4.79 Å². The van der Waals surface area contributed by atoms with Crippen LogP contribution in [-0.4, -0.2) is 11.9 Å². The fourth-order valence-corrected chi connectivity index (χ4v) is 3.28. The van der Waals surface area contributed by atoms with E-state index in [0.29, 0.717) is 17.9 Å². The quantitative estimate of drug-likeness (QED) is 0.393. The molecular weight excluding hydrogens is 428 g/mol. The number of hydrogen-bond acceptors (Lipinski definition) is 3. The number of carbonyl (C=O) groups is 1. The van der Waals surface area contributed by atoms with Crippen molar-refractivity contribution in [2.24, 2.45) is 0 Å². The van der Waals surface area contributed by atoms with Crippen LogP contribution in [0.4, 0.5) is 0 Å². The van der Waals surface area contributed by atoms with Crippen molar-refractivity contribution >= 4 is 38.7 Å². The van der Waals surface area contributed by atoms with Gasteiger partial charge in [0.15, 0.2) is 0 Å². The summed E-state index contributed by atoms with van der Waals surface area (Å²) in [6.07, 6.45) is 1.55. The van der Waals surface area contributed by atoms with Gasteiger partial charge in [-0.25, -0.2) is 0 Å². The van der Waals surface area contributed by atoms with E-state index < -0.39 is 5.91 Å². The smallest absolute Gasteiger partial charge is 0.262 e. The summed E-state index contributed by atoms with van der Waals surface area (Å²) in [7, 11) is 0. The Labute approximate surface area is 178 Å². The number of ether oxygens (including phenoxy) is 1. The maximum Gasteiger partial charge on any atom is 0.262 e. The van der Waals surface area contributed by atoms with Gasteiger partial charge in [-0.2, -0.15) is 5.26 Å². The maximum atomic E-state index is 12.2. The van der Waals surface area contributed by atoms with Crippen molar-refractivity contribution < 1.29 is 9.53 Å². The molecule has 0 saturated carbocycles. The zero-order chi connectivity index (χ0) is 20.8. The van der Waals surface area contributed by atoms with Gasteiger partial charge >= 0.3 is 0 Å². The van der Waals surface area contributed by atoms with Crippen molar-refractivity contribution in [2.75, 3.05) is 0 Å². The normalized spacial score (nSPS) is 11.3. The highest BCUT2D eigenvalue weighted by molar-refractivity contribution is 9.10. The monoisotopic (exact) mass is 448 g/mol. The van der Waals surface area contributed by atoms with E-state index in [0.717, 1.165) is 15.4 Å². The fraction of sp³-hybridized carbons (Fsp3) is 0.167. The summed E-state index contributed by atoms with van der Waals surface area (Å²) >= 11 is 3.44. The maximum absolute atomic E-state index is 12.2. The molecule has 4 nitrogen and oxygen atoms in total. The zero-order valence-electron chi connectivity index (χ0n) is 16.3. The minimum absolute atomic E-state index is 0.0346. The summed E-state index contributed by atoms with van der Waals surface area (Å²) in [5, 5.41) is 14.5. The summed E-state index contributed by atoms with van der Waals surface area (Å²) < 4.78 is 6.86. The van der Waals surface area contributed by atoms with E-state index in [1.165, 1.54) is 5.39 Å². The van der Waals surface area contributed by atoms with Crippen LogP contribution < -0.4 is 10.1 Å². The summed E-state index contributed by atoms with van der Waals surface area (Å²) in [6.45, 7) is 4.08. The first-order valence-corrected chi connectivity index (χ1v) is 10.1.